The number of nitrogens with zero attached hydrogens (tertiary/aromatic N) is 1. The first-order valence-electron chi connectivity index (χ1n) is 5.98. The van der Waals surface area contributed by atoms with E-state index < -0.39 is 0 Å². The standard InChI is InChI=1S/C13H19BrN2/c1-15-8-7-12-6-3-9-16(12)13-5-2-4-11(14)10-13/h2,4-5,10,12,15H,3,6-9H2,1H3. The zero-order valence-corrected chi connectivity index (χ0v) is 11.3. The molecule has 88 valence electrons. The van der Waals surface area contributed by atoms with Crippen LogP contribution >= 0.6 is 15.9 Å². The average Bonchev–Trinajstić information content (AvgIpc) is 2.74. The van der Waals surface area contributed by atoms with E-state index in [1.54, 1.807) is 0 Å². The molecule has 2 nitrogen and oxygen atoms in total. The number of nitrogens with one attached hydrogen (secondary N) is 1. The molecule has 0 amide bonds. The summed E-state index contributed by atoms with van der Waals surface area (Å²) < 4.78 is 1.17. The number of benzene rings is 1. The molecular formula is C13H19BrN2. The summed E-state index contributed by atoms with van der Waals surface area (Å²) in [6.45, 7) is 2.31. The van der Waals surface area contributed by atoms with E-state index in [2.05, 4.69) is 50.4 Å². The second kappa shape index (κ2) is 5.69. The van der Waals surface area contributed by atoms with Gasteiger partial charge in [-0.25, -0.2) is 0 Å². The Morgan fingerprint density at radius 3 is 3.12 bits per heavy atom. The van der Waals surface area contributed by atoms with Crippen molar-refractivity contribution in [3.05, 3.63) is 28.7 Å². The van der Waals surface area contributed by atoms with Crippen molar-refractivity contribution in [2.45, 2.75) is 25.3 Å². The van der Waals surface area contributed by atoms with Crippen molar-refractivity contribution in [1.29, 1.82) is 0 Å². The van der Waals surface area contributed by atoms with Crippen molar-refractivity contribution in [3.8, 4) is 0 Å². The first-order valence-corrected chi connectivity index (χ1v) is 6.77. The monoisotopic (exact) mass is 282 g/mol. The maximum Gasteiger partial charge on any atom is 0.0380 e. The SMILES string of the molecule is CNCCC1CCCN1c1cccc(Br)c1. The van der Waals surface area contributed by atoms with Gasteiger partial charge in [-0.1, -0.05) is 22.0 Å². The molecule has 1 atom stereocenters. The minimum Gasteiger partial charge on any atom is -0.368 e. The Hall–Kier alpha value is -0.540. The minimum atomic E-state index is 0.710. The second-order valence-electron chi connectivity index (χ2n) is 4.36. The molecular weight excluding hydrogens is 264 g/mol. The lowest BCUT2D eigenvalue weighted by atomic mass is 10.1. The highest BCUT2D eigenvalue weighted by atomic mass is 79.9. The van der Waals surface area contributed by atoms with Gasteiger partial charge < -0.3 is 10.2 Å². The van der Waals surface area contributed by atoms with Gasteiger partial charge in [0.15, 0.2) is 0 Å². The van der Waals surface area contributed by atoms with E-state index in [0.29, 0.717) is 6.04 Å². The topological polar surface area (TPSA) is 15.3 Å². The lowest BCUT2D eigenvalue weighted by molar-refractivity contribution is 0.585. The molecule has 0 aliphatic carbocycles. The predicted molar refractivity (Wildman–Crippen MR) is 73.1 cm³/mol. The van der Waals surface area contributed by atoms with Gasteiger partial charge in [-0.15, -0.1) is 0 Å². The molecule has 1 fully saturated rings. The van der Waals surface area contributed by atoms with Crippen LogP contribution < -0.4 is 10.2 Å². The highest BCUT2D eigenvalue weighted by Crippen LogP contribution is 2.28. The Bertz CT molecular complexity index is 340. The number of rotatable bonds is 4. The van der Waals surface area contributed by atoms with Crippen LogP contribution in [0, 0.1) is 0 Å². The molecule has 0 saturated carbocycles. The average molecular weight is 283 g/mol. The highest BCUT2D eigenvalue weighted by Gasteiger charge is 2.23. The molecule has 0 aromatic heterocycles. The first kappa shape index (κ1) is 11.9. The molecule has 2 rings (SSSR count). The van der Waals surface area contributed by atoms with Crippen LogP contribution in [0.4, 0.5) is 5.69 Å². The summed E-state index contributed by atoms with van der Waals surface area (Å²) >= 11 is 3.54. The first-order chi connectivity index (χ1) is 7.81. The molecule has 0 bridgehead atoms. The lowest BCUT2D eigenvalue weighted by Crippen LogP contribution is -2.31. The largest absolute Gasteiger partial charge is 0.368 e. The summed E-state index contributed by atoms with van der Waals surface area (Å²) in [5.74, 6) is 0. The van der Waals surface area contributed by atoms with Crippen LogP contribution in [0.25, 0.3) is 0 Å². The molecule has 3 heteroatoms. The van der Waals surface area contributed by atoms with Crippen LogP contribution in [-0.4, -0.2) is 26.2 Å². The van der Waals surface area contributed by atoms with Crippen molar-refractivity contribution >= 4 is 21.6 Å². The summed E-state index contributed by atoms with van der Waals surface area (Å²) in [6.07, 6.45) is 3.89. The molecule has 0 radical (unpaired) electrons. The van der Waals surface area contributed by atoms with Gasteiger partial charge >= 0.3 is 0 Å². The van der Waals surface area contributed by atoms with Crippen LogP contribution in [0.5, 0.6) is 0 Å². The third-order valence-corrected chi connectivity index (χ3v) is 3.74. The zero-order chi connectivity index (χ0) is 11.4. The summed E-state index contributed by atoms with van der Waals surface area (Å²) in [6, 6.07) is 9.34. The van der Waals surface area contributed by atoms with Crippen molar-refractivity contribution in [2.75, 3.05) is 25.0 Å². The van der Waals surface area contributed by atoms with Crippen LogP contribution in [0.2, 0.25) is 0 Å². The van der Waals surface area contributed by atoms with Gasteiger partial charge in [0.05, 0.1) is 0 Å². The van der Waals surface area contributed by atoms with Crippen molar-refractivity contribution in [3.63, 3.8) is 0 Å². The Labute approximate surface area is 106 Å². The lowest BCUT2D eigenvalue weighted by Gasteiger charge is -2.27. The van der Waals surface area contributed by atoms with Crippen molar-refractivity contribution in [1.82, 2.24) is 5.32 Å². The van der Waals surface area contributed by atoms with E-state index >= 15 is 0 Å². The third kappa shape index (κ3) is 2.77. The predicted octanol–water partition coefficient (Wildman–Crippen LogP) is 3.03. The van der Waals surface area contributed by atoms with Crippen LogP contribution in [0.15, 0.2) is 28.7 Å². The Kier molecular flexibility index (Phi) is 4.24. The maximum absolute atomic E-state index is 3.54. The molecule has 1 aromatic carbocycles. The molecule has 1 aliphatic heterocycles. The Morgan fingerprint density at radius 1 is 1.50 bits per heavy atom. The van der Waals surface area contributed by atoms with Gasteiger partial charge in [0.25, 0.3) is 0 Å². The van der Waals surface area contributed by atoms with Crippen molar-refractivity contribution < 1.29 is 0 Å². The van der Waals surface area contributed by atoms with E-state index in [1.165, 1.54) is 36.0 Å². The number of hydrogen-bond donors (Lipinski definition) is 1. The maximum atomic E-state index is 3.54. The van der Waals surface area contributed by atoms with Gasteiger partial charge in [-0.05, 0) is 51.1 Å². The molecule has 1 N–H and O–H groups in total. The molecule has 1 aromatic rings. The Balaban J connectivity index is 2.07. The summed E-state index contributed by atoms with van der Waals surface area (Å²) in [5, 5.41) is 3.24. The fraction of sp³-hybridized carbons (Fsp3) is 0.538. The zero-order valence-electron chi connectivity index (χ0n) is 9.75. The molecule has 1 aliphatic rings. The molecule has 0 spiro atoms. The highest BCUT2D eigenvalue weighted by molar-refractivity contribution is 9.10. The van der Waals surface area contributed by atoms with E-state index in [-0.39, 0.29) is 0 Å². The molecule has 1 unspecified atom stereocenters. The second-order valence-corrected chi connectivity index (χ2v) is 5.28. The van der Waals surface area contributed by atoms with Crippen molar-refractivity contribution in [2.24, 2.45) is 0 Å². The van der Waals surface area contributed by atoms with Gasteiger partial charge in [0, 0.05) is 22.7 Å². The van der Waals surface area contributed by atoms with Gasteiger partial charge in [-0.2, -0.15) is 0 Å². The Morgan fingerprint density at radius 2 is 2.38 bits per heavy atom. The van der Waals surface area contributed by atoms with E-state index in [9.17, 15) is 0 Å². The van der Waals surface area contributed by atoms with E-state index in [4.69, 9.17) is 0 Å². The summed E-state index contributed by atoms with van der Waals surface area (Å²) in [4.78, 5) is 2.54. The molecule has 1 heterocycles. The van der Waals surface area contributed by atoms with Gasteiger partial charge in [-0.3, -0.25) is 0 Å². The summed E-state index contributed by atoms with van der Waals surface area (Å²) in [7, 11) is 2.03. The number of hydrogen-bond acceptors (Lipinski definition) is 2. The number of halogens is 1. The normalized spacial score (nSPS) is 20.4. The van der Waals surface area contributed by atoms with Crippen LogP contribution in [0.1, 0.15) is 19.3 Å². The number of anilines is 1. The van der Waals surface area contributed by atoms with E-state index in [1.807, 2.05) is 7.05 Å². The minimum absolute atomic E-state index is 0.710. The van der Waals surface area contributed by atoms with Gasteiger partial charge in [0.2, 0.25) is 0 Å². The summed E-state index contributed by atoms with van der Waals surface area (Å²) in [5.41, 5.74) is 1.35. The fourth-order valence-corrected chi connectivity index (χ4v) is 2.83. The third-order valence-electron chi connectivity index (χ3n) is 3.24. The molecule has 1 saturated heterocycles. The van der Waals surface area contributed by atoms with Gasteiger partial charge in [0.1, 0.15) is 0 Å². The quantitative estimate of drug-likeness (QED) is 0.913. The molecule has 16 heavy (non-hydrogen) atoms. The van der Waals surface area contributed by atoms with Crippen LogP contribution in [-0.2, 0) is 0 Å². The smallest absolute Gasteiger partial charge is 0.0380 e. The van der Waals surface area contributed by atoms with Crippen LogP contribution in [0.3, 0.4) is 0 Å². The fourth-order valence-electron chi connectivity index (χ4n) is 2.44. The van der Waals surface area contributed by atoms with E-state index in [0.717, 1.165) is 6.54 Å².